The van der Waals surface area contributed by atoms with Gasteiger partial charge in [0, 0.05) is 38.6 Å². The fraction of sp³-hybridized carbons (Fsp3) is 0.0476. The second kappa shape index (κ2) is 11.7. The standard InChI is InChI=1S/C63H38N2/c1-3-19-41(20-4-1)64(43-33-36-57-49(38-43)47-34-32-39-16-7-8-23-44(39)60(47)65(57)42-21-5-2-6-22-42)56-37-35-55-59-48(56)26-15-31-54(59)63-53-30-14-18-40-17-13-29-52(58(40)53)61(63)50-27-11-9-24-45(50)46-25-10-12-28-51(46)62(55,61)63/h1-38H. The van der Waals surface area contributed by atoms with Crippen LogP contribution in [0.2, 0.25) is 0 Å². The topological polar surface area (TPSA) is 8.17 Å². The lowest BCUT2D eigenvalue weighted by Crippen LogP contribution is -2.30. The summed E-state index contributed by atoms with van der Waals surface area (Å²) in [5.74, 6) is 0. The van der Waals surface area contributed by atoms with Crippen molar-refractivity contribution in [2.24, 2.45) is 0 Å². The normalized spacial score (nSPS) is 20.2. The molecule has 1 heterocycles. The Hall–Kier alpha value is -8.20. The van der Waals surface area contributed by atoms with Gasteiger partial charge in [0.25, 0.3) is 0 Å². The molecule has 4 aliphatic carbocycles. The lowest BCUT2D eigenvalue weighted by Gasteiger charge is -2.37. The second-order valence-corrected chi connectivity index (χ2v) is 18.6. The monoisotopic (exact) mass is 822 g/mol. The average Bonchev–Trinajstić information content (AvgIpc) is 3.50. The van der Waals surface area contributed by atoms with E-state index in [0.29, 0.717) is 0 Å². The van der Waals surface area contributed by atoms with E-state index in [1.165, 1.54) is 104 Å². The first kappa shape index (κ1) is 34.3. The van der Waals surface area contributed by atoms with Gasteiger partial charge < -0.3 is 9.47 Å². The summed E-state index contributed by atoms with van der Waals surface area (Å²) >= 11 is 0. The average molecular weight is 823 g/mol. The Bertz CT molecular complexity index is 4080. The maximum absolute atomic E-state index is 2.53. The van der Waals surface area contributed by atoms with Gasteiger partial charge in [0.1, 0.15) is 0 Å². The maximum Gasteiger partial charge on any atom is 0.0619 e. The number of aromatic nitrogens is 1. The molecule has 0 radical (unpaired) electrons. The molecule has 3 atom stereocenters. The molecular weight excluding hydrogens is 785 g/mol. The van der Waals surface area contributed by atoms with E-state index in [0.717, 1.165) is 17.1 Å². The smallest absolute Gasteiger partial charge is 0.0619 e. The van der Waals surface area contributed by atoms with Crippen molar-refractivity contribution < 1.29 is 0 Å². The molecule has 3 unspecified atom stereocenters. The van der Waals surface area contributed by atoms with Crippen LogP contribution in [-0.2, 0) is 16.2 Å². The van der Waals surface area contributed by atoms with E-state index in [1.54, 1.807) is 0 Å². The molecule has 0 saturated heterocycles. The van der Waals surface area contributed by atoms with Crippen molar-refractivity contribution >= 4 is 71.2 Å². The molecule has 1 aromatic heterocycles. The molecular formula is C63H38N2. The van der Waals surface area contributed by atoms with Crippen molar-refractivity contribution in [1.82, 2.24) is 4.57 Å². The summed E-state index contributed by atoms with van der Waals surface area (Å²) in [5, 5.41) is 10.4. The Morgan fingerprint density at radius 3 is 1.62 bits per heavy atom. The first-order chi connectivity index (χ1) is 32.3. The van der Waals surface area contributed by atoms with Gasteiger partial charge in [-0.3, -0.25) is 0 Å². The molecule has 1 fully saturated rings. The van der Waals surface area contributed by atoms with Gasteiger partial charge in [-0.2, -0.15) is 0 Å². The van der Waals surface area contributed by atoms with Crippen molar-refractivity contribution in [1.29, 1.82) is 0 Å². The van der Waals surface area contributed by atoms with Gasteiger partial charge in [-0.1, -0.05) is 182 Å². The predicted molar refractivity (Wildman–Crippen MR) is 269 cm³/mol. The number of nitrogens with zero attached hydrogens (tertiary/aromatic N) is 2. The number of anilines is 3. The number of hydrogen-bond donors (Lipinski definition) is 0. The fourth-order valence-electron chi connectivity index (χ4n) is 14.4. The van der Waals surface area contributed by atoms with Crippen molar-refractivity contribution in [3.05, 3.63) is 264 Å². The summed E-state index contributed by atoms with van der Waals surface area (Å²) in [6.07, 6.45) is 0. The summed E-state index contributed by atoms with van der Waals surface area (Å²) in [5.41, 5.74) is 17.6. The van der Waals surface area contributed by atoms with E-state index in [1.807, 2.05) is 0 Å². The van der Waals surface area contributed by atoms with Gasteiger partial charge in [0.2, 0.25) is 0 Å². The molecule has 0 N–H and O–H groups in total. The zero-order valence-corrected chi connectivity index (χ0v) is 35.3. The Morgan fingerprint density at radius 2 is 0.877 bits per heavy atom. The number of hydrogen-bond acceptors (Lipinski definition) is 1. The minimum absolute atomic E-state index is 0.280. The molecule has 65 heavy (non-hydrogen) atoms. The third-order valence-electron chi connectivity index (χ3n) is 16.3. The van der Waals surface area contributed by atoms with Crippen LogP contribution in [0.1, 0.15) is 33.4 Å². The predicted octanol–water partition coefficient (Wildman–Crippen LogP) is 15.6. The van der Waals surface area contributed by atoms with Gasteiger partial charge in [0.05, 0.1) is 33.0 Å². The molecule has 1 saturated carbocycles. The third kappa shape index (κ3) is 3.63. The molecule has 16 rings (SSSR count). The molecule has 0 aliphatic heterocycles. The van der Waals surface area contributed by atoms with Crippen molar-refractivity contribution in [3.63, 3.8) is 0 Å². The summed E-state index contributed by atoms with van der Waals surface area (Å²) < 4.78 is 2.46. The van der Waals surface area contributed by atoms with Gasteiger partial charge in [0.15, 0.2) is 0 Å². The molecule has 300 valence electrons. The van der Waals surface area contributed by atoms with Gasteiger partial charge in [-0.05, 0) is 115 Å². The Morgan fingerprint density at radius 1 is 0.323 bits per heavy atom. The highest BCUT2D eigenvalue weighted by molar-refractivity contribution is 6.20. The van der Waals surface area contributed by atoms with E-state index < -0.39 is 0 Å². The Kier molecular flexibility index (Phi) is 6.16. The second-order valence-electron chi connectivity index (χ2n) is 18.6. The molecule has 2 heteroatoms. The van der Waals surface area contributed by atoms with Crippen LogP contribution in [-0.4, -0.2) is 4.57 Å². The highest BCUT2D eigenvalue weighted by atomic mass is 15.1. The first-order valence-corrected chi connectivity index (χ1v) is 22.9. The first-order valence-electron chi connectivity index (χ1n) is 22.9. The molecule has 3 spiro atoms. The SMILES string of the molecule is c1ccc(N(c2ccc3c(c2)c2ccc4ccccc4c2n3-c2ccccc2)c2ccc3c4c(cccc24)C24c5cccc6cccc(c56)C25c2ccccc2-c2ccccc2C354)cc1. The Balaban J connectivity index is 0.997. The molecule has 0 amide bonds. The van der Waals surface area contributed by atoms with Crippen LogP contribution in [0, 0.1) is 0 Å². The zero-order chi connectivity index (χ0) is 42.2. The molecule has 0 bridgehead atoms. The number of fused-ring (bicyclic) bond motifs is 8. The van der Waals surface area contributed by atoms with Crippen molar-refractivity contribution in [2.45, 2.75) is 16.2 Å². The van der Waals surface area contributed by atoms with Crippen LogP contribution in [0.5, 0.6) is 0 Å². The van der Waals surface area contributed by atoms with E-state index in [2.05, 4.69) is 240 Å². The van der Waals surface area contributed by atoms with Crippen LogP contribution in [0.25, 0.3) is 70.9 Å². The van der Waals surface area contributed by atoms with Crippen LogP contribution in [0.4, 0.5) is 17.1 Å². The number of para-hydroxylation sites is 2. The Labute approximate surface area is 375 Å². The summed E-state index contributed by atoms with van der Waals surface area (Å²) in [7, 11) is 0. The lowest BCUT2D eigenvalue weighted by molar-refractivity contribution is 0.690. The molecule has 12 aromatic rings. The van der Waals surface area contributed by atoms with Gasteiger partial charge in [-0.25, -0.2) is 0 Å². The van der Waals surface area contributed by atoms with Gasteiger partial charge >= 0.3 is 0 Å². The van der Waals surface area contributed by atoms with Crippen LogP contribution in [0.3, 0.4) is 0 Å². The van der Waals surface area contributed by atoms with Crippen LogP contribution in [0.15, 0.2) is 231 Å². The van der Waals surface area contributed by atoms with E-state index in [4.69, 9.17) is 0 Å². The van der Waals surface area contributed by atoms with Crippen LogP contribution >= 0.6 is 0 Å². The fourth-order valence-corrected chi connectivity index (χ4v) is 14.4. The van der Waals surface area contributed by atoms with E-state index >= 15 is 0 Å². The lowest BCUT2D eigenvalue weighted by atomic mass is 9.65. The third-order valence-corrected chi connectivity index (χ3v) is 16.3. The summed E-state index contributed by atoms with van der Waals surface area (Å²) in [4.78, 5) is 2.51. The molecule has 2 nitrogen and oxygen atoms in total. The minimum Gasteiger partial charge on any atom is -0.310 e. The summed E-state index contributed by atoms with van der Waals surface area (Å²) in [6, 6.07) is 87.4. The molecule has 4 aliphatic rings. The zero-order valence-electron chi connectivity index (χ0n) is 35.3. The largest absolute Gasteiger partial charge is 0.310 e. The number of benzene rings is 11. The van der Waals surface area contributed by atoms with E-state index in [9.17, 15) is 0 Å². The molecule has 11 aromatic carbocycles. The minimum atomic E-state index is -0.315. The quantitative estimate of drug-likeness (QED) is 0.172. The van der Waals surface area contributed by atoms with Gasteiger partial charge in [-0.15, -0.1) is 0 Å². The van der Waals surface area contributed by atoms with Crippen molar-refractivity contribution in [2.75, 3.05) is 4.90 Å². The maximum atomic E-state index is 2.53. The number of rotatable bonds is 4. The van der Waals surface area contributed by atoms with Crippen LogP contribution < -0.4 is 4.90 Å². The highest BCUT2D eigenvalue weighted by Gasteiger charge is 2.95. The highest BCUT2D eigenvalue weighted by Crippen LogP contribution is 2.94. The van der Waals surface area contributed by atoms with E-state index in [-0.39, 0.29) is 16.2 Å². The summed E-state index contributed by atoms with van der Waals surface area (Å²) in [6.45, 7) is 0. The van der Waals surface area contributed by atoms with Crippen molar-refractivity contribution in [3.8, 4) is 16.8 Å².